The van der Waals surface area contributed by atoms with Crippen molar-refractivity contribution < 1.29 is 0 Å². The lowest BCUT2D eigenvalue weighted by molar-refractivity contribution is 0.467. The van der Waals surface area contributed by atoms with Crippen molar-refractivity contribution in [2.45, 2.75) is 0 Å². The summed E-state index contributed by atoms with van der Waals surface area (Å²) in [7, 11) is 0. The average molecular weight is 188 g/mol. The maximum absolute atomic E-state index is 4.21. The number of hydrazone groups is 1. The van der Waals surface area contributed by atoms with Crippen molar-refractivity contribution in [1.82, 2.24) is 15.3 Å². The van der Waals surface area contributed by atoms with Crippen molar-refractivity contribution in [2.75, 3.05) is 13.2 Å². The number of nitrogens with zero attached hydrogens (tertiary/aromatic N) is 3. The van der Waals surface area contributed by atoms with E-state index in [1.54, 1.807) is 6.20 Å². The van der Waals surface area contributed by atoms with Crippen LogP contribution in [0, 0.1) is 0 Å². The van der Waals surface area contributed by atoms with Gasteiger partial charge in [0.2, 0.25) is 0 Å². The van der Waals surface area contributed by atoms with Gasteiger partial charge in [-0.2, -0.15) is 5.10 Å². The minimum absolute atomic E-state index is 0.732. The molecule has 1 aliphatic heterocycles. The lowest BCUT2D eigenvalue weighted by Gasteiger charge is -2.16. The predicted molar refractivity (Wildman–Crippen MR) is 55.7 cm³/mol. The van der Waals surface area contributed by atoms with Gasteiger partial charge >= 0.3 is 0 Å². The number of aromatic nitrogens is 1. The Morgan fingerprint density at radius 1 is 1.64 bits per heavy atom. The summed E-state index contributed by atoms with van der Waals surface area (Å²) in [6.07, 6.45) is 5.42. The van der Waals surface area contributed by atoms with Crippen LogP contribution in [-0.4, -0.2) is 28.9 Å². The van der Waals surface area contributed by atoms with Gasteiger partial charge in [-0.25, -0.2) is 0 Å². The number of rotatable bonds is 3. The molecule has 0 atom stereocenters. The third-order valence-corrected chi connectivity index (χ3v) is 2.02. The van der Waals surface area contributed by atoms with Crippen molar-refractivity contribution >= 4 is 5.84 Å². The third-order valence-electron chi connectivity index (χ3n) is 2.02. The van der Waals surface area contributed by atoms with Crippen LogP contribution >= 0.6 is 0 Å². The molecule has 0 aromatic carbocycles. The van der Waals surface area contributed by atoms with E-state index in [4.69, 9.17) is 0 Å². The Morgan fingerprint density at radius 3 is 3.29 bits per heavy atom. The third kappa shape index (κ3) is 1.59. The van der Waals surface area contributed by atoms with Crippen LogP contribution in [0.2, 0.25) is 0 Å². The zero-order chi connectivity index (χ0) is 9.80. The van der Waals surface area contributed by atoms with Crippen LogP contribution in [-0.2, 0) is 0 Å². The minimum atomic E-state index is 0.732. The highest BCUT2D eigenvalue weighted by Gasteiger charge is 2.16. The van der Waals surface area contributed by atoms with Crippen molar-refractivity contribution in [3.8, 4) is 0 Å². The summed E-state index contributed by atoms with van der Waals surface area (Å²) in [6.45, 7) is 5.24. The first-order valence-corrected chi connectivity index (χ1v) is 4.48. The topological polar surface area (TPSA) is 40.5 Å². The lowest BCUT2D eigenvalue weighted by Crippen LogP contribution is -2.30. The number of hydrogen-bond acceptors (Lipinski definition) is 4. The van der Waals surface area contributed by atoms with E-state index in [9.17, 15) is 0 Å². The highest BCUT2D eigenvalue weighted by molar-refractivity contribution is 5.99. The van der Waals surface area contributed by atoms with Gasteiger partial charge in [0.05, 0.1) is 0 Å². The average Bonchev–Trinajstić information content (AvgIpc) is 2.68. The molecule has 0 radical (unpaired) electrons. The first kappa shape index (κ1) is 8.74. The molecule has 0 bridgehead atoms. The van der Waals surface area contributed by atoms with Gasteiger partial charge in [-0.15, -0.1) is 6.58 Å². The molecule has 14 heavy (non-hydrogen) atoms. The van der Waals surface area contributed by atoms with E-state index in [0.717, 1.165) is 24.6 Å². The van der Waals surface area contributed by atoms with Crippen molar-refractivity contribution in [3.05, 3.63) is 42.7 Å². The zero-order valence-electron chi connectivity index (χ0n) is 7.85. The van der Waals surface area contributed by atoms with E-state index in [1.807, 2.05) is 24.4 Å². The number of hydrogen-bond donors (Lipinski definition) is 1. The second-order valence-corrected chi connectivity index (χ2v) is 3.00. The fourth-order valence-electron chi connectivity index (χ4n) is 1.39. The number of pyridine rings is 1. The summed E-state index contributed by atoms with van der Waals surface area (Å²) in [5.41, 5.74) is 3.97. The van der Waals surface area contributed by atoms with E-state index in [2.05, 4.69) is 27.0 Å². The van der Waals surface area contributed by atoms with Gasteiger partial charge in [0, 0.05) is 24.5 Å². The predicted octanol–water partition coefficient (Wildman–Crippen LogP) is 0.792. The standard InChI is InChI=1S/C10H12N4/c1-2-6-14-8-12-13-10(14)9-4-3-5-11-7-9/h2-5,7,12H,1,6,8H2. The minimum Gasteiger partial charge on any atom is -0.332 e. The van der Waals surface area contributed by atoms with E-state index in [0.29, 0.717) is 0 Å². The van der Waals surface area contributed by atoms with Crippen LogP contribution in [0.5, 0.6) is 0 Å². The fourth-order valence-corrected chi connectivity index (χ4v) is 1.39. The Kier molecular flexibility index (Phi) is 2.44. The molecule has 2 rings (SSSR count). The van der Waals surface area contributed by atoms with Crippen molar-refractivity contribution in [3.63, 3.8) is 0 Å². The molecular formula is C10H12N4. The van der Waals surface area contributed by atoms with Gasteiger partial charge in [-0.05, 0) is 12.1 Å². The van der Waals surface area contributed by atoms with E-state index in [1.165, 1.54) is 0 Å². The first-order chi connectivity index (χ1) is 6.92. The summed E-state index contributed by atoms with van der Waals surface area (Å²) in [5, 5.41) is 4.21. The maximum Gasteiger partial charge on any atom is 0.159 e. The van der Waals surface area contributed by atoms with Gasteiger partial charge in [-0.1, -0.05) is 6.08 Å². The highest BCUT2D eigenvalue weighted by atomic mass is 15.5. The Hall–Kier alpha value is -1.84. The van der Waals surface area contributed by atoms with Crippen molar-refractivity contribution in [1.29, 1.82) is 0 Å². The monoisotopic (exact) mass is 188 g/mol. The summed E-state index contributed by atoms with van der Waals surface area (Å²) in [4.78, 5) is 6.16. The molecule has 1 aromatic heterocycles. The Balaban J connectivity index is 2.22. The fraction of sp³-hybridized carbons (Fsp3) is 0.200. The van der Waals surface area contributed by atoms with Gasteiger partial charge < -0.3 is 4.90 Å². The molecule has 0 spiro atoms. The normalized spacial score (nSPS) is 14.9. The van der Waals surface area contributed by atoms with Gasteiger partial charge in [0.1, 0.15) is 6.67 Å². The van der Waals surface area contributed by atoms with E-state index >= 15 is 0 Å². The molecule has 2 heterocycles. The van der Waals surface area contributed by atoms with Crippen LogP contribution < -0.4 is 5.43 Å². The highest BCUT2D eigenvalue weighted by Crippen LogP contribution is 2.07. The van der Waals surface area contributed by atoms with E-state index in [-0.39, 0.29) is 0 Å². The second kappa shape index (κ2) is 3.91. The zero-order valence-corrected chi connectivity index (χ0v) is 7.85. The first-order valence-electron chi connectivity index (χ1n) is 4.48. The molecule has 1 N–H and O–H groups in total. The summed E-state index contributed by atoms with van der Waals surface area (Å²) in [6, 6.07) is 3.90. The van der Waals surface area contributed by atoms with Crippen LogP contribution in [0.25, 0.3) is 0 Å². The van der Waals surface area contributed by atoms with Gasteiger partial charge in [-0.3, -0.25) is 10.4 Å². The number of nitrogens with one attached hydrogen (secondary N) is 1. The van der Waals surface area contributed by atoms with E-state index < -0.39 is 0 Å². The van der Waals surface area contributed by atoms with Gasteiger partial charge in [0.25, 0.3) is 0 Å². The molecule has 0 saturated heterocycles. The summed E-state index contributed by atoms with van der Waals surface area (Å²) < 4.78 is 0. The Bertz CT molecular complexity index is 344. The molecule has 0 unspecified atom stereocenters. The molecule has 0 amide bonds. The van der Waals surface area contributed by atoms with Crippen LogP contribution in [0.1, 0.15) is 5.56 Å². The second-order valence-electron chi connectivity index (χ2n) is 3.00. The summed E-state index contributed by atoms with van der Waals surface area (Å²) >= 11 is 0. The number of amidine groups is 1. The SMILES string of the molecule is C=CCN1CNN=C1c1cccnc1. The van der Waals surface area contributed by atoms with Crippen molar-refractivity contribution in [2.24, 2.45) is 5.10 Å². The van der Waals surface area contributed by atoms with Crippen LogP contribution in [0.4, 0.5) is 0 Å². The molecule has 1 aromatic rings. The van der Waals surface area contributed by atoms with Gasteiger partial charge in [0.15, 0.2) is 5.84 Å². The lowest BCUT2D eigenvalue weighted by atomic mass is 10.2. The Morgan fingerprint density at radius 2 is 2.57 bits per heavy atom. The molecule has 72 valence electrons. The maximum atomic E-state index is 4.21. The summed E-state index contributed by atoms with van der Waals surface area (Å²) in [5.74, 6) is 0.929. The molecule has 1 aliphatic rings. The quantitative estimate of drug-likeness (QED) is 0.713. The molecule has 0 saturated carbocycles. The molecule has 4 nitrogen and oxygen atoms in total. The smallest absolute Gasteiger partial charge is 0.159 e. The molecule has 0 aliphatic carbocycles. The molecular weight excluding hydrogens is 176 g/mol. The largest absolute Gasteiger partial charge is 0.332 e. The molecule has 0 fully saturated rings. The molecule has 4 heteroatoms. The van der Waals surface area contributed by atoms with Crippen LogP contribution in [0.15, 0.2) is 42.3 Å². The van der Waals surface area contributed by atoms with Crippen LogP contribution in [0.3, 0.4) is 0 Å². The Labute approximate surface area is 83.0 Å².